The molecular formula is C14H29N. The van der Waals surface area contributed by atoms with Crippen molar-refractivity contribution in [2.24, 2.45) is 17.3 Å². The van der Waals surface area contributed by atoms with Gasteiger partial charge in [-0.1, -0.05) is 47.5 Å². The molecule has 0 aromatic rings. The van der Waals surface area contributed by atoms with Crippen LogP contribution in [0, 0.1) is 17.3 Å². The molecule has 1 saturated carbocycles. The number of hydrogen-bond acceptors (Lipinski definition) is 1. The molecule has 0 aromatic carbocycles. The zero-order chi connectivity index (χ0) is 11.5. The summed E-state index contributed by atoms with van der Waals surface area (Å²) >= 11 is 0. The summed E-state index contributed by atoms with van der Waals surface area (Å²) in [7, 11) is 0. The Bertz CT molecular complexity index is 188. The molecule has 1 nitrogen and oxygen atoms in total. The molecule has 1 aliphatic carbocycles. The molecule has 0 radical (unpaired) electrons. The van der Waals surface area contributed by atoms with Gasteiger partial charge in [0.25, 0.3) is 0 Å². The summed E-state index contributed by atoms with van der Waals surface area (Å²) in [5, 5.41) is 3.59. The predicted molar refractivity (Wildman–Crippen MR) is 68.0 cm³/mol. The highest BCUT2D eigenvalue weighted by Gasteiger charge is 2.51. The molecule has 1 rings (SSSR count). The molecule has 0 bridgehead atoms. The van der Waals surface area contributed by atoms with Crippen molar-refractivity contribution in [2.75, 3.05) is 6.54 Å². The van der Waals surface area contributed by atoms with Gasteiger partial charge in [0.15, 0.2) is 0 Å². The van der Waals surface area contributed by atoms with Crippen molar-refractivity contribution >= 4 is 0 Å². The summed E-state index contributed by atoms with van der Waals surface area (Å²) in [4.78, 5) is 0. The predicted octanol–water partition coefficient (Wildman–Crippen LogP) is 3.84. The topological polar surface area (TPSA) is 12.0 Å². The molecule has 0 aliphatic heterocycles. The van der Waals surface area contributed by atoms with Crippen LogP contribution in [0.2, 0.25) is 0 Å². The Morgan fingerprint density at radius 3 is 2.40 bits per heavy atom. The lowest BCUT2D eigenvalue weighted by Crippen LogP contribution is -2.26. The van der Waals surface area contributed by atoms with Crippen LogP contribution in [-0.4, -0.2) is 12.6 Å². The Balaban J connectivity index is 2.33. The molecule has 0 saturated heterocycles. The molecule has 90 valence electrons. The van der Waals surface area contributed by atoms with Crippen LogP contribution in [0.25, 0.3) is 0 Å². The molecule has 1 aliphatic rings. The van der Waals surface area contributed by atoms with Crippen molar-refractivity contribution in [2.45, 2.75) is 66.3 Å². The molecule has 3 unspecified atom stereocenters. The molecule has 0 amide bonds. The largest absolute Gasteiger partial charge is 0.314 e. The second kappa shape index (κ2) is 5.34. The van der Waals surface area contributed by atoms with Gasteiger partial charge in [0.05, 0.1) is 0 Å². The number of rotatable bonds is 7. The Kier molecular flexibility index (Phi) is 4.64. The molecule has 15 heavy (non-hydrogen) atoms. The Hall–Kier alpha value is -0.0400. The van der Waals surface area contributed by atoms with Crippen molar-refractivity contribution in [1.82, 2.24) is 5.32 Å². The first-order chi connectivity index (χ1) is 7.04. The van der Waals surface area contributed by atoms with E-state index < -0.39 is 0 Å². The minimum atomic E-state index is 0.642. The van der Waals surface area contributed by atoms with Crippen LogP contribution >= 0.6 is 0 Å². The van der Waals surface area contributed by atoms with Crippen molar-refractivity contribution in [3.63, 3.8) is 0 Å². The summed E-state index contributed by atoms with van der Waals surface area (Å²) in [5.74, 6) is 1.87. The fourth-order valence-electron chi connectivity index (χ4n) is 2.76. The van der Waals surface area contributed by atoms with E-state index in [9.17, 15) is 0 Å². The highest BCUT2D eigenvalue weighted by Crippen LogP contribution is 2.58. The second-order valence-corrected chi connectivity index (χ2v) is 5.90. The van der Waals surface area contributed by atoms with Crippen LogP contribution in [0.3, 0.4) is 0 Å². The average molecular weight is 211 g/mol. The average Bonchev–Trinajstić information content (AvgIpc) is 2.89. The standard InChI is InChI=1S/C14H29N/c1-6-12(5)8-14(7-2)9-13(14)10-15-11(3)4/h11-13,15H,6-10H2,1-5H3. The maximum absolute atomic E-state index is 3.59. The van der Waals surface area contributed by atoms with Crippen LogP contribution in [0.5, 0.6) is 0 Å². The third-order valence-corrected chi connectivity index (χ3v) is 4.29. The second-order valence-electron chi connectivity index (χ2n) is 5.90. The fourth-order valence-corrected chi connectivity index (χ4v) is 2.76. The summed E-state index contributed by atoms with van der Waals surface area (Å²) in [5.41, 5.74) is 0.706. The van der Waals surface area contributed by atoms with Gasteiger partial charge in [0.2, 0.25) is 0 Å². The number of hydrogen-bond donors (Lipinski definition) is 1. The van der Waals surface area contributed by atoms with E-state index in [1.807, 2.05) is 0 Å². The van der Waals surface area contributed by atoms with Gasteiger partial charge in [0, 0.05) is 6.04 Å². The maximum Gasteiger partial charge on any atom is 0.00104 e. The van der Waals surface area contributed by atoms with Crippen LogP contribution in [-0.2, 0) is 0 Å². The van der Waals surface area contributed by atoms with E-state index in [1.165, 1.54) is 32.2 Å². The summed E-state index contributed by atoms with van der Waals surface area (Å²) < 4.78 is 0. The molecule has 0 aromatic heterocycles. The van der Waals surface area contributed by atoms with E-state index in [0.717, 1.165) is 11.8 Å². The zero-order valence-corrected chi connectivity index (χ0v) is 11.3. The quantitative estimate of drug-likeness (QED) is 0.674. The van der Waals surface area contributed by atoms with Gasteiger partial charge >= 0.3 is 0 Å². The van der Waals surface area contributed by atoms with Gasteiger partial charge in [-0.2, -0.15) is 0 Å². The molecular weight excluding hydrogens is 182 g/mol. The first kappa shape index (κ1) is 13.0. The van der Waals surface area contributed by atoms with Gasteiger partial charge in [-0.25, -0.2) is 0 Å². The smallest absolute Gasteiger partial charge is 0.00104 e. The van der Waals surface area contributed by atoms with E-state index in [1.54, 1.807) is 0 Å². The van der Waals surface area contributed by atoms with Crippen LogP contribution < -0.4 is 5.32 Å². The van der Waals surface area contributed by atoms with E-state index in [-0.39, 0.29) is 0 Å². The van der Waals surface area contributed by atoms with Crippen LogP contribution in [0.15, 0.2) is 0 Å². The third-order valence-electron chi connectivity index (χ3n) is 4.29. The van der Waals surface area contributed by atoms with Gasteiger partial charge in [-0.05, 0) is 36.6 Å². The van der Waals surface area contributed by atoms with Gasteiger partial charge in [-0.15, -0.1) is 0 Å². The lowest BCUT2D eigenvalue weighted by molar-refractivity contribution is 0.319. The van der Waals surface area contributed by atoms with E-state index in [0.29, 0.717) is 11.5 Å². The van der Waals surface area contributed by atoms with Gasteiger partial charge < -0.3 is 5.32 Å². The monoisotopic (exact) mass is 211 g/mol. The Morgan fingerprint density at radius 2 is 1.93 bits per heavy atom. The maximum atomic E-state index is 3.59. The number of nitrogens with one attached hydrogen (secondary N) is 1. The lowest BCUT2D eigenvalue weighted by Gasteiger charge is -2.20. The van der Waals surface area contributed by atoms with Crippen molar-refractivity contribution in [3.8, 4) is 0 Å². The molecule has 0 spiro atoms. The highest BCUT2D eigenvalue weighted by molar-refractivity contribution is 5.02. The third kappa shape index (κ3) is 3.48. The van der Waals surface area contributed by atoms with Crippen molar-refractivity contribution < 1.29 is 0 Å². The first-order valence-electron chi connectivity index (χ1n) is 6.77. The van der Waals surface area contributed by atoms with Crippen molar-refractivity contribution in [1.29, 1.82) is 0 Å². The summed E-state index contributed by atoms with van der Waals surface area (Å²) in [6, 6.07) is 0.642. The van der Waals surface area contributed by atoms with E-state index in [4.69, 9.17) is 0 Å². The van der Waals surface area contributed by atoms with Crippen molar-refractivity contribution in [3.05, 3.63) is 0 Å². The first-order valence-corrected chi connectivity index (χ1v) is 6.77. The highest BCUT2D eigenvalue weighted by atomic mass is 14.9. The molecule has 1 fully saturated rings. The Labute approximate surface area is 96.0 Å². The minimum Gasteiger partial charge on any atom is -0.314 e. The molecule has 0 heterocycles. The molecule has 1 heteroatoms. The molecule has 3 atom stereocenters. The molecule has 1 N–H and O–H groups in total. The van der Waals surface area contributed by atoms with Gasteiger partial charge in [-0.3, -0.25) is 0 Å². The van der Waals surface area contributed by atoms with E-state index >= 15 is 0 Å². The Morgan fingerprint density at radius 1 is 1.27 bits per heavy atom. The van der Waals surface area contributed by atoms with Crippen LogP contribution in [0.1, 0.15) is 60.3 Å². The fraction of sp³-hybridized carbons (Fsp3) is 1.00. The minimum absolute atomic E-state index is 0.642. The lowest BCUT2D eigenvalue weighted by atomic mass is 9.87. The van der Waals surface area contributed by atoms with Crippen LogP contribution in [0.4, 0.5) is 0 Å². The van der Waals surface area contributed by atoms with Gasteiger partial charge in [0.1, 0.15) is 0 Å². The normalized spacial score (nSPS) is 32.0. The summed E-state index contributed by atoms with van der Waals surface area (Å²) in [6.45, 7) is 12.8. The van der Waals surface area contributed by atoms with E-state index in [2.05, 4.69) is 39.9 Å². The SMILES string of the molecule is CCC(C)CC1(CC)CC1CNC(C)C. The zero-order valence-electron chi connectivity index (χ0n) is 11.3. The summed E-state index contributed by atoms with van der Waals surface area (Å²) in [6.07, 6.45) is 5.63.